The maximum atomic E-state index is 5.99. The molecule has 17 heavy (non-hydrogen) atoms. The van der Waals surface area contributed by atoms with Crippen molar-refractivity contribution in [1.82, 2.24) is 9.97 Å². The summed E-state index contributed by atoms with van der Waals surface area (Å²) in [6.45, 7) is 2.65. The lowest BCUT2D eigenvalue weighted by atomic mass is 10.1. The molecule has 2 aromatic rings. The fraction of sp³-hybridized carbons (Fsp3) is 0.231. The Morgan fingerprint density at radius 1 is 1.24 bits per heavy atom. The van der Waals surface area contributed by atoms with Crippen LogP contribution in [0.4, 0.5) is 5.82 Å². The van der Waals surface area contributed by atoms with E-state index in [4.69, 9.17) is 11.6 Å². The average molecular weight is 248 g/mol. The van der Waals surface area contributed by atoms with Crippen LogP contribution in [0.1, 0.15) is 11.4 Å². The van der Waals surface area contributed by atoms with E-state index in [-0.39, 0.29) is 0 Å². The molecule has 88 valence electrons. The van der Waals surface area contributed by atoms with Gasteiger partial charge in [-0.1, -0.05) is 41.9 Å². The number of anilines is 1. The highest BCUT2D eigenvalue weighted by atomic mass is 35.5. The number of nitrogens with zero attached hydrogens (tertiary/aromatic N) is 2. The van der Waals surface area contributed by atoms with Gasteiger partial charge in [0.2, 0.25) is 0 Å². The third kappa shape index (κ3) is 3.43. The number of hydrogen-bond acceptors (Lipinski definition) is 3. The Kier molecular flexibility index (Phi) is 3.94. The van der Waals surface area contributed by atoms with Crippen LogP contribution < -0.4 is 5.32 Å². The molecule has 0 aliphatic carbocycles. The van der Waals surface area contributed by atoms with Crippen LogP contribution in [-0.4, -0.2) is 16.5 Å². The Labute approximate surface area is 106 Å². The second kappa shape index (κ2) is 5.64. The van der Waals surface area contributed by atoms with Gasteiger partial charge in [0.25, 0.3) is 0 Å². The first-order valence-corrected chi connectivity index (χ1v) is 5.90. The van der Waals surface area contributed by atoms with Crippen LogP contribution >= 0.6 is 11.6 Å². The molecule has 3 nitrogen and oxygen atoms in total. The molecule has 0 unspecified atom stereocenters. The zero-order valence-electron chi connectivity index (χ0n) is 9.65. The van der Waals surface area contributed by atoms with Crippen LogP contribution in [0.3, 0.4) is 0 Å². The van der Waals surface area contributed by atoms with Gasteiger partial charge in [-0.05, 0) is 18.9 Å². The molecule has 1 aromatic carbocycles. The summed E-state index contributed by atoms with van der Waals surface area (Å²) in [4.78, 5) is 8.27. The molecule has 0 amide bonds. The summed E-state index contributed by atoms with van der Waals surface area (Å²) in [6, 6.07) is 10.3. The third-order valence-corrected chi connectivity index (χ3v) is 2.69. The molecule has 2 rings (SSSR count). The van der Waals surface area contributed by atoms with Crippen LogP contribution in [0, 0.1) is 6.92 Å². The van der Waals surface area contributed by atoms with Crippen molar-refractivity contribution < 1.29 is 0 Å². The summed E-state index contributed by atoms with van der Waals surface area (Å²) in [5, 5.41) is 3.78. The van der Waals surface area contributed by atoms with Gasteiger partial charge in [0.15, 0.2) is 0 Å². The van der Waals surface area contributed by atoms with Crippen molar-refractivity contribution in [2.24, 2.45) is 0 Å². The number of aromatic nitrogens is 2. The smallest absolute Gasteiger partial charge is 0.148 e. The summed E-state index contributed by atoms with van der Waals surface area (Å²) < 4.78 is 0. The van der Waals surface area contributed by atoms with Gasteiger partial charge in [0.05, 0.1) is 6.20 Å². The topological polar surface area (TPSA) is 37.8 Å². The molecule has 0 aliphatic heterocycles. The summed E-state index contributed by atoms with van der Waals surface area (Å²) in [5.74, 6) is 1.42. The molecule has 0 aliphatic rings. The Hall–Kier alpha value is -1.61. The van der Waals surface area contributed by atoms with Gasteiger partial charge in [-0.25, -0.2) is 9.97 Å². The van der Waals surface area contributed by atoms with E-state index in [9.17, 15) is 0 Å². The maximum absolute atomic E-state index is 5.99. The van der Waals surface area contributed by atoms with Gasteiger partial charge in [-0.15, -0.1) is 0 Å². The molecule has 1 N–H and O–H groups in total. The van der Waals surface area contributed by atoms with Gasteiger partial charge in [0.1, 0.15) is 16.7 Å². The highest BCUT2D eigenvalue weighted by molar-refractivity contribution is 6.32. The fourth-order valence-corrected chi connectivity index (χ4v) is 1.71. The Morgan fingerprint density at radius 2 is 2.00 bits per heavy atom. The maximum Gasteiger partial charge on any atom is 0.148 e. The lowest BCUT2D eigenvalue weighted by Gasteiger charge is -2.07. The number of nitrogens with one attached hydrogen (secondary N) is 1. The molecule has 1 heterocycles. The number of benzene rings is 1. The van der Waals surface area contributed by atoms with Crippen LogP contribution in [-0.2, 0) is 6.42 Å². The highest BCUT2D eigenvalue weighted by Gasteiger charge is 2.02. The monoisotopic (exact) mass is 247 g/mol. The van der Waals surface area contributed by atoms with Crippen molar-refractivity contribution in [2.45, 2.75) is 13.3 Å². The molecular weight excluding hydrogens is 234 g/mol. The minimum Gasteiger partial charge on any atom is -0.368 e. The zero-order valence-corrected chi connectivity index (χ0v) is 10.4. The first-order valence-electron chi connectivity index (χ1n) is 5.52. The molecule has 0 fully saturated rings. The van der Waals surface area contributed by atoms with E-state index in [1.807, 2.05) is 25.1 Å². The summed E-state index contributed by atoms with van der Waals surface area (Å²) in [5.41, 5.74) is 1.29. The minimum atomic E-state index is 0.559. The molecule has 0 bridgehead atoms. The van der Waals surface area contributed by atoms with Crippen molar-refractivity contribution >= 4 is 17.4 Å². The SMILES string of the molecule is Cc1ncc(Cl)c(NCCc2ccccc2)n1. The Balaban J connectivity index is 1.92. The normalized spacial score (nSPS) is 10.2. The van der Waals surface area contributed by atoms with Gasteiger partial charge in [-0.3, -0.25) is 0 Å². The number of halogens is 1. The third-order valence-electron chi connectivity index (χ3n) is 2.41. The number of aryl methyl sites for hydroxylation is 1. The van der Waals surface area contributed by atoms with Crippen LogP contribution in [0.25, 0.3) is 0 Å². The summed E-state index contributed by atoms with van der Waals surface area (Å²) in [7, 11) is 0. The molecule has 0 spiro atoms. The molecule has 0 atom stereocenters. The van der Waals surface area contributed by atoms with Crippen LogP contribution in [0.15, 0.2) is 36.5 Å². The van der Waals surface area contributed by atoms with Crippen molar-refractivity contribution in [3.63, 3.8) is 0 Å². The largest absolute Gasteiger partial charge is 0.368 e. The van der Waals surface area contributed by atoms with E-state index < -0.39 is 0 Å². The van der Waals surface area contributed by atoms with E-state index >= 15 is 0 Å². The second-order valence-electron chi connectivity index (χ2n) is 3.78. The van der Waals surface area contributed by atoms with E-state index in [1.165, 1.54) is 5.56 Å². The van der Waals surface area contributed by atoms with E-state index in [2.05, 4.69) is 27.4 Å². The molecule has 4 heteroatoms. The molecule has 0 saturated heterocycles. The minimum absolute atomic E-state index is 0.559. The van der Waals surface area contributed by atoms with E-state index in [0.29, 0.717) is 10.8 Å². The predicted molar refractivity (Wildman–Crippen MR) is 70.4 cm³/mol. The van der Waals surface area contributed by atoms with Crippen molar-refractivity contribution in [3.8, 4) is 0 Å². The molecule has 0 saturated carbocycles. The lowest BCUT2D eigenvalue weighted by molar-refractivity contribution is 0.981. The molecule has 0 radical (unpaired) electrons. The number of hydrogen-bond donors (Lipinski definition) is 1. The van der Waals surface area contributed by atoms with Crippen LogP contribution in [0.5, 0.6) is 0 Å². The predicted octanol–water partition coefficient (Wildman–Crippen LogP) is 3.09. The summed E-state index contributed by atoms with van der Waals surface area (Å²) >= 11 is 5.99. The zero-order chi connectivity index (χ0) is 12.1. The van der Waals surface area contributed by atoms with E-state index in [1.54, 1.807) is 6.20 Å². The van der Waals surface area contributed by atoms with Gasteiger partial charge in [0, 0.05) is 6.54 Å². The Bertz CT molecular complexity index is 485. The Morgan fingerprint density at radius 3 is 2.76 bits per heavy atom. The number of rotatable bonds is 4. The fourth-order valence-electron chi connectivity index (χ4n) is 1.55. The standard InChI is InChI=1S/C13H14ClN3/c1-10-16-9-12(14)13(17-10)15-8-7-11-5-3-2-4-6-11/h2-6,9H,7-8H2,1H3,(H,15,16,17). The van der Waals surface area contributed by atoms with Crippen molar-refractivity contribution in [1.29, 1.82) is 0 Å². The first kappa shape index (κ1) is 11.9. The summed E-state index contributed by atoms with van der Waals surface area (Å²) in [6.07, 6.45) is 2.56. The molecule has 1 aromatic heterocycles. The van der Waals surface area contributed by atoms with E-state index in [0.717, 1.165) is 18.8 Å². The van der Waals surface area contributed by atoms with Gasteiger partial charge < -0.3 is 5.32 Å². The van der Waals surface area contributed by atoms with Crippen molar-refractivity contribution in [3.05, 3.63) is 52.9 Å². The van der Waals surface area contributed by atoms with Crippen LogP contribution in [0.2, 0.25) is 5.02 Å². The highest BCUT2D eigenvalue weighted by Crippen LogP contribution is 2.17. The lowest BCUT2D eigenvalue weighted by Crippen LogP contribution is -2.07. The average Bonchev–Trinajstić information content (AvgIpc) is 2.35. The molecular formula is C13H14ClN3. The van der Waals surface area contributed by atoms with Gasteiger partial charge >= 0.3 is 0 Å². The van der Waals surface area contributed by atoms with Gasteiger partial charge in [-0.2, -0.15) is 0 Å². The first-order chi connectivity index (χ1) is 8.25. The quantitative estimate of drug-likeness (QED) is 0.902. The van der Waals surface area contributed by atoms with Crippen molar-refractivity contribution in [2.75, 3.05) is 11.9 Å². The second-order valence-corrected chi connectivity index (χ2v) is 4.18.